The van der Waals surface area contributed by atoms with Gasteiger partial charge in [0.25, 0.3) is 0 Å². The third-order valence-electron chi connectivity index (χ3n) is 1.89. The van der Waals surface area contributed by atoms with Gasteiger partial charge in [-0.1, -0.05) is 63.1 Å². The number of rotatable bonds is 3. The molecule has 114 valence electrons. The Hall–Kier alpha value is -2.47. The summed E-state index contributed by atoms with van der Waals surface area (Å²) in [6.45, 7) is 9.46. The molecule has 0 aliphatic heterocycles. The Bertz CT molecular complexity index is 450. The molecular formula is C18H27N3. The topological polar surface area (TPSA) is 41.6 Å². The molecule has 0 amide bonds. The molecule has 0 aliphatic carbocycles. The van der Waals surface area contributed by atoms with Crippen LogP contribution in [-0.2, 0) is 0 Å². The number of hydrogen-bond donors (Lipinski definition) is 1. The lowest BCUT2D eigenvalue weighted by Crippen LogP contribution is -2.06. The van der Waals surface area contributed by atoms with Gasteiger partial charge in [-0.25, -0.2) is 0 Å². The quantitative estimate of drug-likeness (QED) is 0.518. The Labute approximate surface area is 129 Å². The monoisotopic (exact) mass is 285 g/mol. The fourth-order valence-corrected chi connectivity index (χ4v) is 1.04. The average molecular weight is 285 g/mol. The van der Waals surface area contributed by atoms with Crippen molar-refractivity contribution in [3.63, 3.8) is 0 Å². The van der Waals surface area contributed by atoms with E-state index in [1.807, 2.05) is 19.3 Å². The van der Waals surface area contributed by atoms with Gasteiger partial charge >= 0.3 is 0 Å². The lowest BCUT2D eigenvalue weighted by atomic mass is 10.1. The molecule has 21 heavy (non-hydrogen) atoms. The molecule has 0 saturated carbocycles. The van der Waals surface area contributed by atoms with Gasteiger partial charge in [0.2, 0.25) is 0 Å². The molecule has 1 aromatic rings. The van der Waals surface area contributed by atoms with Gasteiger partial charge in [0.15, 0.2) is 0 Å². The Morgan fingerprint density at radius 1 is 1.33 bits per heavy atom. The standard InChI is InChI=1S/C13H14N2.C3H8.C2H5N/c1-4-14-11-15(3)10-9-13-7-5-12(2)6-8-13;1-3-2;1-2-3/h1,5-11H,2-3H3;3H2,1-2H3;2H,1,3H2/b10-9+,14-11?;;. The number of benzene rings is 1. The second kappa shape index (κ2) is 15.6. The second-order valence-electron chi connectivity index (χ2n) is 4.21. The summed E-state index contributed by atoms with van der Waals surface area (Å²) in [5, 5.41) is 0. The van der Waals surface area contributed by atoms with Crippen molar-refractivity contribution >= 4 is 12.4 Å². The first-order valence-electron chi connectivity index (χ1n) is 6.83. The molecular weight excluding hydrogens is 258 g/mol. The molecule has 0 fully saturated rings. The van der Waals surface area contributed by atoms with Crippen LogP contribution in [0.4, 0.5) is 0 Å². The Kier molecular flexibility index (Phi) is 15.5. The van der Waals surface area contributed by atoms with Crippen LogP contribution in [-0.4, -0.2) is 18.3 Å². The summed E-state index contributed by atoms with van der Waals surface area (Å²) in [5.74, 6) is 0. The fourth-order valence-electron chi connectivity index (χ4n) is 1.04. The van der Waals surface area contributed by atoms with Gasteiger partial charge in [-0.05, 0) is 24.8 Å². The molecule has 0 saturated heterocycles. The number of terminal acetylenes is 1. The van der Waals surface area contributed by atoms with Crippen LogP contribution in [0, 0.1) is 19.4 Å². The highest BCUT2D eigenvalue weighted by Gasteiger charge is 1.87. The Morgan fingerprint density at radius 3 is 2.24 bits per heavy atom. The van der Waals surface area contributed by atoms with Crippen molar-refractivity contribution in [3.05, 3.63) is 54.4 Å². The van der Waals surface area contributed by atoms with Gasteiger partial charge in [-0.3, -0.25) is 0 Å². The first-order chi connectivity index (χ1) is 10.0. The summed E-state index contributed by atoms with van der Waals surface area (Å²) in [7, 11) is 1.88. The van der Waals surface area contributed by atoms with E-state index in [1.165, 1.54) is 18.2 Å². The van der Waals surface area contributed by atoms with E-state index < -0.39 is 0 Å². The minimum Gasteiger partial charge on any atom is -0.405 e. The number of aryl methyl sites for hydroxylation is 1. The van der Waals surface area contributed by atoms with Crippen molar-refractivity contribution in [1.29, 1.82) is 0 Å². The van der Waals surface area contributed by atoms with Crippen LogP contribution >= 0.6 is 0 Å². The fraction of sp³-hybridized carbons (Fsp3) is 0.278. The molecule has 0 aromatic heterocycles. The van der Waals surface area contributed by atoms with Crippen LogP contribution in [0.25, 0.3) is 6.08 Å². The predicted molar refractivity (Wildman–Crippen MR) is 95.7 cm³/mol. The maximum atomic E-state index is 5.00. The van der Waals surface area contributed by atoms with Gasteiger partial charge in [0.1, 0.15) is 6.34 Å². The highest BCUT2D eigenvalue weighted by Crippen LogP contribution is 2.04. The summed E-state index contributed by atoms with van der Waals surface area (Å²) < 4.78 is 0. The van der Waals surface area contributed by atoms with Crippen molar-refractivity contribution in [2.24, 2.45) is 10.7 Å². The highest BCUT2D eigenvalue weighted by molar-refractivity contribution is 5.60. The van der Waals surface area contributed by atoms with Crippen molar-refractivity contribution in [2.75, 3.05) is 7.05 Å². The van der Waals surface area contributed by atoms with Crippen LogP contribution < -0.4 is 5.73 Å². The zero-order chi connectivity index (χ0) is 16.5. The molecule has 1 rings (SSSR count). The number of aliphatic imine (C=N–C) groups is 1. The average Bonchev–Trinajstić information content (AvgIpc) is 2.46. The first-order valence-corrected chi connectivity index (χ1v) is 6.83. The van der Waals surface area contributed by atoms with Crippen LogP contribution in [0.3, 0.4) is 0 Å². The lowest BCUT2D eigenvalue weighted by molar-refractivity contribution is 0.716. The van der Waals surface area contributed by atoms with Gasteiger partial charge in [-0.2, -0.15) is 4.99 Å². The molecule has 0 aliphatic rings. The van der Waals surface area contributed by atoms with Crippen LogP contribution in [0.15, 0.2) is 48.2 Å². The normalized spacial score (nSPS) is 9.10. The SMILES string of the molecule is C#CN=CN(C)/C=C/c1ccc(C)cc1.C=CN.CCC. The third-order valence-corrected chi connectivity index (χ3v) is 1.89. The molecule has 0 radical (unpaired) electrons. The molecule has 3 heteroatoms. The van der Waals surface area contributed by atoms with E-state index in [0.717, 1.165) is 5.56 Å². The third kappa shape index (κ3) is 15.5. The van der Waals surface area contributed by atoms with Crippen LogP contribution in [0.5, 0.6) is 0 Å². The highest BCUT2D eigenvalue weighted by atomic mass is 15.1. The van der Waals surface area contributed by atoms with Gasteiger partial charge in [0.05, 0.1) is 0 Å². The van der Waals surface area contributed by atoms with E-state index in [-0.39, 0.29) is 0 Å². The predicted octanol–water partition coefficient (Wildman–Crippen LogP) is 4.02. The minimum atomic E-state index is 1.15. The summed E-state index contributed by atoms with van der Waals surface area (Å²) in [4.78, 5) is 5.48. The van der Waals surface area contributed by atoms with Crippen LogP contribution in [0.2, 0.25) is 0 Å². The van der Waals surface area contributed by atoms with Gasteiger partial charge < -0.3 is 10.6 Å². The van der Waals surface area contributed by atoms with Crippen molar-refractivity contribution < 1.29 is 0 Å². The molecule has 0 spiro atoms. The Morgan fingerprint density at radius 2 is 1.81 bits per heavy atom. The van der Waals surface area contributed by atoms with Gasteiger partial charge in [0, 0.05) is 19.3 Å². The number of nitrogens with two attached hydrogens (primary N) is 1. The molecule has 3 nitrogen and oxygen atoms in total. The van der Waals surface area contributed by atoms with Crippen molar-refractivity contribution in [3.8, 4) is 12.5 Å². The Balaban J connectivity index is 0. The van der Waals surface area contributed by atoms with E-state index in [1.54, 1.807) is 11.2 Å². The van der Waals surface area contributed by atoms with E-state index in [0.29, 0.717) is 0 Å². The van der Waals surface area contributed by atoms with E-state index >= 15 is 0 Å². The molecule has 0 atom stereocenters. The number of nitrogens with zero attached hydrogens (tertiary/aromatic N) is 2. The molecule has 2 N–H and O–H groups in total. The lowest BCUT2D eigenvalue weighted by Gasteiger charge is -2.04. The second-order valence-corrected chi connectivity index (χ2v) is 4.21. The molecule has 0 heterocycles. The summed E-state index contributed by atoms with van der Waals surface area (Å²) in [6.07, 6.45) is 13.0. The maximum Gasteiger partial charge on any atom is 0.105 e. The minimum absolute atomic E-state index is 1.15. The molecule has 0 unspecified atom stereocenters. The number of hydrogen-bond acceptors (Lipinski definition) is 2. The van der Waals surface area contributed by atoms with E-state index in [2.05, 4.69) is 68.4 Å². The van der Waals surface area contributed by atoms with E-state index in [4.69, 9.17) is 6.42 Å². The van der Waals surface area contributed by atoms with E-state index in [9.17, 15) is 0 Å². The zero-order valence-corrected chi connectivity index (χ0v) is 13.6. The zero-order valence-electron chi connectivity index (χ0n) is 13.6. The van der Waals surface area contributed by atoms with Crippen molar-refractivity contribution in [2.45, 2.75) is 27.2 Å². The maximum absolute atomic E-state index is 5.00. The summed E-state index contributed by atoms with van der Waals surface area (Å²) in [5.41, 5.74) is 7.02. The summed E-state index contributed by atoms with van der Waals surface area (Å²) in [6, 6.07) is 10.5. The van der Waals surface area contributed by atoms with Crippen molar-refractivity contribution in [1.82, 2.24) is 4.90 Å². The smallest absolute Gasteiger partial charge is 0.105 e. The summed E-state index contributed by atoms with van der Waals surface area (Å²) >= 11 is 0. The molecule has 0 bridgehead atoms. The first kappa shape index (κ1) is 20.8. The largest absolute Gasteiger partial charge is 0.405 e. The van der Waals surface area contributed by atoms with Gasteiger partial charge in [-0.15, -0.1) is 0 Å². The molecule has 1 aromatic carbocycles. The van der Waals surface area contributed by atoms with Crippen LogP contribution in [0.1, 0.15) is 31.4 Å².